The molecule has 0 bridgehead atoms. The number of thiazole rings is 1. The largest absolute Gasteiger partial charge is 0.361 e. The van der Waals surface area contributed by atoms with E-state index in [0.717, 1.165) is 48.4 Å². The summed E-state index contributed by atoms with van der Waals surface area (Å²) in [6.07, 6.45) is 6.32. The van der Waals surface area contributed by atoms with Crippen LogP contribution in [0.1, 0.15) is 35.5 Å². The van der Waals surface area contributed by atoms with Gasteiger partial charge in [-0.1, -0.05) is 18.2 Å². The van der Waals surface area contributed by atoms with Crippen LogP contribution in [0.5, 0.6) is 0 Å². The predicted octanol–water partition coefficient (Wildman–Crippen LogP) is 4.00. The van der Waals surface area contributed by atoms with Crippen molar-refractivity contribution in [3.63, 3.8) is 0 Å². The first-order valence-corrected chi connectivity index (χ1v) is 9.33. The lowest BCUT2D eigenvalue weighted by Crippen LogP contribution is -2.24. The molecule has 24 heavy (non-hydrogen) atoms. The van der Waals surface area contributed by atoms with Gasteiger partial charge in [0, 0.05) is 47.6 Å². The van der Waals surface area contributed by atoms with E-state index in [0.29, 0.717) is 6.42 Å². The fraction of sp³-hybridized carbons (Fsp3) is 0.368. The van der Waals surface area contributed by atoms with Gasteiger partial charge in [-0.2, -0.15) is 0 Å². The van der Waals surface area contributed by atoms with Crippen LogP contribution in [0, 0.1) is 6.92 Å². The summed E-state index contributed by atoms with van der Waals surface area (Å²) >= 11 is 1.69. The molecule has 0 aliphatic rings. The van der Waals surface area contributed by atoms with Crippen molar-refractivity contribution in [2.45, 2.75) is 39.0 Å². The summed E-state index contributed by atoms with van der Waals surface area (Å²) in [5.74, 6) is 0.144. The highest BCUT2D eigenvalue weighted by atomic mass is 32.1. The Labute approximate surface area is 146 Å². The molecular weight excluding hydrogens is 318 g/mol. The number of benzene rings is 1. The van der Waals surface area contributed by atoms with Gasteiger partial charge in [-0.3, -0.25) is 4.79 Å². The van der Waals surface area contributed by atoms with Gasteiger partial charge >= 0.3 is 0 Å². The van der Waals surface area contributed by atoms with Gasteiger partial charge in [-0.05, 0) is 37.8 Å². The molecule has 0 radical (unpaired) electrons. The Balaban J connectivity index is 1.34. The lowest BCUT2D eigenvalue weighted by molar-refractivity contribution is -0.121. The number of aryl methyl sites for hydroxylation is 3. The molecule has 1 amide bonds. The van der Waals surface area contributed by atoms with Crippen molar-refractivity contribution in [1.29, 1.82) is 0 Å². The lowest BCUT2D eigenvalue weighted by atomic mass is 10.1. The average molecular weight is 341 g/mol. The summed E-state index contributed by atoms with van der Waals surface area (Å²) in [6.45, 7) is 2.74. The van der Waals surface area contributed by atoms with Gasteiger partial charge in [0.05, 0.1) is 5.01 Å². The van der Waals surface area contributed by atoms with E-state index in [2.05, 4.69) is 45.1 Å². The monoisotopic (exact) mass is 341 g/mol. The maximum Gasteiger partial charge on any atom is 0.220 e. The molecule has 126 valence electrons. The smallest absolute Gasteiger partial charge is 0.220 e. The van der Waals surface area contributed by atoms with Crippen LogP contribution in [0.15, 0.2) is 35.8 Å². The second-order valence-corrected chi connectivity index (χ2v) is 6.99. The van der Waals surface area contributed by atoms with Crippen LogP contribution in [-0.2, 0) is 17.6 Å². The van der Waals surface area contributed by atoms with Crippen molar-refractivity contribution in [1.82, 2.24) is 15.3 Å². The zero-order chi connectivity index (χ0) is 16.8. The number of amides is 1. The molecule has 0 aliphatic carbocycles. The van der Waals surface area contributed by atoms with Gasteiger partial charge in [0.2, 0.25) is 5.91 Å². The maximum atomic E-state index is 11.9. The van der Waals surface area contributed by atoms with Crippen LogP contribution < -0.4 is 5.32 Å². The van der Waals surface area contributed by atoms with E-state index in [1.165, 1.54) is 10.9 Å². The van der Waals surface area contributed by atoms with E-state index in [-0.39, 0.29) is 5.91 Å². The molecule has 2 aromatic heterocycles. The Morgan fingerprint density at radius 1 is 1.25 bits per heavy atom. The van der Waals surface area contributed by atoms with Crippen LogP contribution in [0.3, 0.4) is 0 Å². The fourth-order valence-corrected chi connectivity index (χ4v) is 3.67. The number of rotatable bonds is 8. The molecular formula is C19H23N3OS. The van der Waals surface area contributed by atoms with Gasteiger partial charge in [-0.15, -0.1) is 11.3 Å². The topological polar surface area (TPSA) is 57.8 Å². The lowest BCUT2D eigenvalue weighted by Gasteiger charge is -2.04. The second kappa shape index (κ2) is 8.11. The SMILES string of the molecule is Cc1csc(CCCNC(=O)CCCc2c[nH]c3ccccc23)n1. The number of aromatic amines is 1. The minimum atomic E-state index is 0.144. The minimum absolute atomic E-state index is 0.144. The highest BCUT2D eigenvalue weighted by molar-refractivity contribution is 7.09. The molecule has 4 nitrogen and oxygen atoms in total. The zero-order valence-corrected chi connectivity index (χ0v) is 14.8. The van der Waals surface area contributed by atoms with Gasteiger partial charge in [-0.25, -0.2) is 4.98 Å². The molecule has 0 fully saturated rings. The first-order valence-electron chi connectivity index (χ1n) is 8.45. The van der Waals surface area contributed by atoms with E-state index < -0.39 is 0 Å². The fourth-order valence-electron chi connectivity index (χ4n) is 2.85. The molecule has 5 heteroatoms. The number of carbonyl (C=O) groups is 1. The Kier molecular flexibility index (Phi) is 5.64. The summed E-state index contributed by atoms with van der Waals surface area (Å²) in [5.41, 5.74) is 3.53. The highest BCUT2D eigenvalue weighted by Crippen LogP contribution is 2.19. The number of carbonyl (C=O) groups excluding carboxylic acids is 1. The molecule has 2 N–H and O–H groups in total. The summed E-state index contributed by atoms with van der Waals surface area (Å²) in [6, 6.07) is 8.29. The van der Waals surface area contributed by atoms with Crippen LogP contribution in [0.2, 0.25) is 0 Å². The van der Waals surface area contributed by atoms with Gasteiger partial charge < -0.3 is 10.3 Å². The Hall–Kier alpha value is -2.14. The number of H-pyrrole nitrogens is 1. The molecule has 0 spiro atoms. The maximum absolute atomic E-state index is 11.9. The van der Waals surface area contributed by atoms with Gasteiger partial charge in [0.1, 0.15) is 0 Å². The van der Waals surface area contributed by atoms with E-state index in [4.69, 9.17) is 0 Å². The van der Waals surface area contributed by atoms with Crippen LogP contribution in [-0.4, -0.2) is 22.4 Å². The van der Waals surface area contributed by atoms with Gasteiger partial charge in [0.15, 0.2) is 0 Å². The first-order chi connectivity index (χ1) is 11.7. The van der Waals surface area contributed by atoms with Crippen molar-refractivity contribution in [2.75, 3.05) is 6.54 Å². The van der Waals surface area contributed by atoms with Crippen LogP contribution in [0.25, 0.3) is 10.9 Å². The molecule has 3 aromatic rings. The van der Waals surface area contributed by atoms with Crippen molar-refractivity contribution in [3.05, 3.63) is 52.1 Å². The van der Waals surface area contributed by atoms with Crippen LogP contribution in [0.4, 0.5) is 0 Å². The number of hydrogen-bond acceptors (Lipinski definition) is 3. The molecule has 0 unspecified atom stereocenters. The number of nitrogens with zero attached hydrogens (tertiary/aromatic N) is 1. The summed E-state index contributed by atoms with van der Waals surface area (Å²) in [5, 5.41) is 7.49. The molecule has 0 saturated carbocycles. The molecule has 2 heterocycles. The van der Waals surface area contributed by atoms with E-state index in [1.807, 2.05) is 13.0 Å². The number of hydrogen-bond donors (Lipinski definition) is 2. The summed E-state index contributed by atoms with van der Waals surface area (Å²) < 4.78 is 0. The third-order valence-corrected chi connectivity index (χ3v) is 5.11. The van der Waals surface area contributed by atoms with Gasteiger partial charge in [0.25, 0.3) is 0 Å². The third kappa shape index (κ3) is 4.45. The zero-order valence-electron chi connectivity index (χ0n) is 14.0. The van der Waals surface area contributed by atoms with Crippen molar-refractivity contribution >= 4 is 28.1 Å². The summed E-state index contributed by atoms with van der Waals surface area (Å²) in [7, 11) is 0. The van der Waals surface area contributed by atoms with E-state index in [9.17, 15) is 4.79 Å². The Bertz CT molecular complexity index is 806. The molecule has 0 aliphatic heterocycles. The Morgan fingerprint density at radius 2 is 2.12 bits per heavy atom. The van der Waals surface area contributed by atoms with Crippen molar-refractivity contribution in [2.24, 2.45) is 0 Å². The molecule has 3 rings (SSSR count). The van der Waals surface area contributed by atoms with Crippen molar-refractivity contribution < 1.29 is 4.79 Å². The summed E-state index contributed by atoms with van der Waals surface area (Å²) in [4.78, 5) is 19.6. The number of para-hydroxylation sites is 1. The quantitative estimate of drug-likeness (QED) is 0.608. The third-order valence-electron chi connectivity index (χ3n) is 4.08. The Morgan fingerprint density at radius 3 is 2.96 bits per heavy atom. The molecule has 0 saturated heterocycles. The van der Waals surface area contributed by atoms with Crippen LogP contribution >= 0.6 is 11.3 Å². The normalized spacial score (nSPS) is 11.0. The number of fused-ring (bicyclic) bond motifs is 1. The minimum Gasteiger partial charge on any atom is -0.361 e. The molecule has 0 atom stereocenters. The van der Waals surface area contributed by atoms with E-state index >= 15 is 0 Å². The number of nitrogens with one attached hydrogen (secondary N) is 2. The second-order valence-electron chi connectivity index (χ2n) is 6.05. The standard InChI is InChI=1S/C19H23N3OS/c1-14-13-24-19(22-14)10-5-11-20-18(23)9-4-6-15-12-21-17-8-3-2-7-16(15)17/h2-3,7-8,12-13,21H,4-6,9-11H2,1H3,(H,20,23). The predicted molar refractivity (Wildman–Crippen MR) is 99.4 cm³/mol. The average Bonchev–Trinajstić information content (AvgIpc) is 3.18. The molecule has 1 aromatic carbocycles. The van der Waals surface area contributed by atoms with E-state index in [1.54, 1.807) is 11.3 Å². The first kappa shape index (κ1) is 16.7. The number of aromatic nitrogens is 2. The van der Waals surface area contributed by atoms with Crippen molar-refractivity contribution in [3.8, 4) is 0 Å². The highest BCUT2D eigenvalue weighted by Gasteiger charge is 2.05.